The maximum absolute atomic E-state index is 12.1. The zero-order valence-corrected chi connectivity index (χ0v) is 12.2. The number of carbonyl (C=O) groups excluding carboxylic acids is 1. The van der Waals surface area contributed by atoms with E-state index in [1.165, 1.54) is 6.07 Å². The van der Waals surface area contributed by atoms with Crippen LogP contribution in [0.1, 0.15) is 23.2 Å². The normalized spacial score (nSPS) is 21.7. The molecule has 0 bridgehead atoms. The molecule has 1 fully saturated rings. The van der Waals surface area contributed by atoms with Crippen molar-refractivity contribution < 1.29 is 19.4 Å². The minimum absolute atomic E-state index is 0.0370. The fourth-order valence-electron chi connectivity index (χ4n) is 2.09. The van der Waals surface area contributed by atoms with Gasteiger partial charge in [-0.3, -0.25) is 4.79 Å². The average molecular weight is 343 g/mol. The van der Waals surface area contributed by atoms with Crippen molar-refractivity contribution in [3.63, 3.8) is 0 Å². The Morgan fingerprint density at radius 1 is 1.45 bits per heavy atom. The van der Waals surface area contributed by atoms with Gasteiger partial charge in [-0.15, -0.1) is 0 Å². The zero-order valence-electron chi connectivity index (χ0n) is 10.6. The smallest absolute Gasteiger partial charge is 0.337 e. The molecule has 108 valence electrons. The number of hydrogen-bond acceptors (Lipinski definition) is 4. The van der Waals surface area contributed by atoms with Gasteiger partial charge in [-0.2, -0.15) is 0 Å². The highest BCUT2D eigenvalue weighted by molar-refractivity contribution is 9.10. The van der Waals surface area contributed by atoms with Crippen LogP contribution in [0.4, 0.5) is 5.69 Å². The van der Waals surface area contributed by atoms with Gasteiger partial charge in [-0.25, -0.2) is 4.79 Å². The van der Waals surface area contributed by atoms with Crippen LogP contribution < -0.4 is 11.1 Å². The fourth-order valence-corrected chi connectivity index (χ4v) is 2.45. The number of hydrogen-bond donors (Lipinski definition) is 3. The van der Waals surface area contributed by atoms with Crippen LogP contribution in [0.3, 0.4) is 0 Å². The second-order valence-corrected chi connectivity index (χ2v) is 5.46. The minimum atomic E-state index is -1.10. The molecule has 1 aromatic rings. The highest BCUT2D eigenvalue weighted by Gasteiger charge is 2.30. The number of benzene rings is 1. The highest BCUT2D eigenvalue weighted by Crippen LogP contribution is 2.24. The Bertz CT molecular complexity index is 535. The highest BCUT2D eigenvalue weighted by atomic mass is 79.9. The van der Waals surface area contributed by atoms with Crippen LogP contribution in [0.25, 0.3) is 0 Å². The topological polar surface area (TPSA) is 102 Å². The molecule has 0 saturated carbocycles. The molecule has 0 spiro atoms. The average Bonchev–Trinajstić information content (AvgIpc) is 2.87. The van der Waals surface area contributed by atoms with E-state index in [4.69, 9.17) is 15.6 Å². The van der Waals surface area contributed by atoms with E-state index in [0.29, 0.717) is 17.4 Å². The third-order valence-corrected chi connectivity index (χ3v) is 3.63. The third kappa shape index (κ3) is 3.36. The number of halogens is 1. The molecule has 2 unspecified atom stereocenters. The molecule has 1 saturated heterocycles. The second-order valence-electron chi connectivity index (χ2n) is 4.54. The van der Waals surface area contributed by atoms with Crippen molar-refractivity contribution in [3.05, 3.63) is 28.2 Å². The molecule has 0 aliphatic carbocycles. The van der Waals surface area contributed by atoms with Crippen molar-refractivity contribution in [2.24, 2.45) is 5.73 Å². The number of ether oxygens (including phenoxy) is 1. The Labute approximate surface area is 124 Å². The minimum Gasteiger partial charge on any atom is -0.478 e. The van der Waals surface area contributed by atoms with E-state index < -0.39 is 12.1 Å². The van der Waals surface area contributed by atoms with E-state index in [-0.39, 0.29) is 23.3 Å². The number of nitrogens with two attached hydrogens (primary N) is 1. The Hall–Kier alpha value is -1.44. The summed E-state index contributed by atoms with van der Waals surface area (Å²) >= 11 is 3.25. The van der Waals surface area contributed by atoms with E-state index in [2.05, 4.69) is 21.2 Å². The summed E-state index contributed by atoms with van der Waals surface area (Å²) in [4.78, 5) is 23.2. The molecule has 0 aromatic heterocycles. The van der Waals surface area contributed by atoms with Crippen molar-refractivity contribution in [1.82, 2.24) is 0 Å². The van der Waals surface area contributed by atoms with Gasteiger partial charge in [-0.1, -0.05) is 15.9 Å². The van der Waals surface area contributed by atoms with Gasteiger partial charge >= 0.3 is 5.97 Å². The molecule has 1 aromatic carbocycles. The number of rotatable bonds is 4. The standard InChI is InChI=1S/C13H15BrN2O4/c14-7-1-3-9(13(18)19)10(5-7)16-12(17)11-4-2-8(6-15)20-11/h1,3,5,8,11H,2,4,6,15H2,(H,16,17)(H,18,19). The molecule has 7 heteroatoms. The number of carbonyl (C=O) groups is 2. The Morgan fingerprint density at radius 3 is 2.80 bits per heavy atom. The molecule has 1 aliphatic rings. The molecule has 6 nitrogen and oxygen atoms in total. The number of nitrogens with one attached hydrogen (secondary N) is 1. The first-order valence-electron chi connectivity index (χ1n) is 6.20. The second kappa shape index (κ2) is 6.34. The first kappa shape index (κ1) is 15.0. The van der Waals surface area contributed by atoms with Gasteiger partial charge in [0.05, 0.1) is 17.4 Å². The number of amides is 1. The van der Waals surface area contributed by atoms with Gasteiger partial charge in [0.2, 0.25) is 0 Å². The summed E-state index contributed by atoms with van der Waals surface area (Å²) in [5.41, 5.74) is 5.78. The van der Waals surface area contributed by atoms with Crippen LogP contribution in [0, 0.1) is 0 Å². The first-order chi connectivity index (χ1) is 9.51. The number of carboxylic acid groups (broad SMARTS) is 1. The van der Waals surface area contributed by atoms with Crippen LogP contribution in [0.5, 0.6) is 0 Å². The van der Waals surface area contributed by atoms with Gasteiger partial charge < -0.3 is 20.9 Å². The van der Waals surface area contributed by atoms with E-state index in [9.17, 15) is 9.59 Å². The lowest BCUT2D eigenvalue weighted by atomic mass is 10.1. The molecule has 0 radical (unpaired) electrons. The van der Waals surface area contributed by atoms with Crippen molar-refractivity contribution >= 4 is 33.5 Å². The Balaban J connectivity index is 2.11. The van der Waals surface area contributed by atoms with E-state index >= 15 is 0 Å². The lowest BCUT2D eigenvalue weighted by molar-refractivity contribution is -0.126. The molecule has 2 atom stereocenters. The summed E-state index contributed by atoms with van der Waals surface area (Å²) in [6.45, 7) is 0.376. The maximum Gasteiger partial charge on any atom is 0.337 e. The summed E-state index contributed by atoms with van der Waals surface area (Å²) in [5, 5.41) is 11.7. The van der Waals surface area contributed by atoms with Gasteiger partial charge in [0, 0.05) is 11.0 Å². The Morgan fingerprint density at radius 2 is 2.20 bits per heavy atom. The third-order valence-electron chi connectivity index (χ3n) is 3.13. The number of anilines is 1. The monoisotopic (exact) mass is 342 g/mol. The van der Waals surface area contributed by atoms with Crippen LogP contribution in [-0.2, 0) is 9.53 Å². The van der Waals surface area contributed by atoms with Gasteiger partial charge in [0.25, 0.3) is 5.91 Å². The van der Waals surface area contributed by atoms with Gasteiger partial charge in [-0.05, 0) is 31.0 Å². The van der Waals surface area contributed by atoms with Crippen LogP contribution in [0.2, 0.25) is 0 Å². The Kier molecular flexibility index (Phi) is 4.74. The number of aromatic carboxylic acids is 1. The van der Waals surface area contributed by atoms with Crippen LogP contribution in [-0.4, -0.2) is 35.7 Å². The largest absolute Gasteiger partial charge is 0.478 e. The van der Waals surface area contributed by atoms with Crippen molar-refractivity contribution in [3.8, 4) is 0 Å². The SMILES string of the molecule is NCC1CCC(C(=O)Nc2cc(Br)ccc2C(=O)O)O1. The van der Waals surface area contributed by atoms with E-state index in [0.717, 1.165) is 6.42 Å². The lowest BCUT2D eigenvalue weighted by Gasteiger charge is -2.14. The van der Waals surface area contributed by atoms with Crippen molar-refractivity contribution in [2.45, 2.75) is 25.0 Å². The number of carboxylic acids is 1. The fraction of sp³-hybridized carbons (Fsp3) is 0.385. The van der Waals surface area contributed by atoms with Crippen LogP contribution in [0.15, 0.2) is 22.7 Å². The predicted molar refractivity (Wildman–Crippen MR) is 76.7 cm³/mol. The summed E-state index contributed by atoms with van der Waals surface area (Å²) in [6.07, 6.45) is 0.638. The predicted octanol–water partition coefficient (Wildman–Crippen LogP) is 1.59. The summed E-state index contributed by atoms with van der Waals surface area (Å²) < 4.78 is 6.16. The van der Waals surface area contributed by atoms with E-state index in [1.807, 2.05) is 0 Å². The van der Waals surface area contributed by atoms with Crippen molar-refractivity contribution in [1.29, 1.82) is 0 Å². The summed E-state index contributed by atoms with van der Waals surface area (Å²) in [5.74, 6) is -1.44. The van der Waals surface area contributed by atoms with Crippen LogP contribution >= 0.6 is 15.9 Å². The lowest BCUT2D eigenvalue weighted by Crippen LogP contribution is -2.30. The first-order valence-corrected chi connectivity index (χ1v) is 6.99. The molecular weight excluding hydrogens is 328 g/mol. The molecule has 1 amide bonds. The summed E-state index contributed by atoms with van der Waals surface area (Å²) in [6, 6.07) is 4.59. The molecule has 20 heavy (non-hydrogen) atoms. The zero-order chi connectivity index (χ0) is 14.7. The quantitative estimate of drug-likeness (QED) is 0.771. The molecule has 2 rings (SSSR count). The maximum atomic E-state index is 12.1. The molecule has 1 aliphatic heterocycles. The van der Waals surface area contributed by atoms with Gasteiger partial charge in [0.15, 0.2) is 0 Å². The molecule has 1 heterocycles. The molecule has 4 N–H and O–H groups in total. The molecular formula is C13H15BrN2O4. The van der Waals surface area contributed by atoms with E-state index in [1.54, 1.807) is 12.1 Å². The summed E-state index contributed by atoms with van der Waals surface area (Å²) in [7, 11) is 0. The van der Waals surface area contributed by atoms with Gasteiger partial charge in [0.1, 0.15) is 6.10 Å². The van der Waals surface area contributed by atoms with Crippen molar-refractivity contribution in [2.75, 3.05) is 11.9 Å².